The fourth-order valence-electron chi connectivity index (χ4n) is 4.66. The zero-order valence-corrected chi connectivity index (χ0v) is 21.0. The predicted octanol–water partition coefficient (Wildman–Crippen LogP) is 6.10. The molecule has 37 heavy (non-hydrogen) atoms. The van der Waals surface area contributed by atoms with Gasteiger partial charge in [0.25, 0.3) is 0 Å². The van der Waals surface area contributed by atoms with Crippen LogP contribution in [0.25, 0.3) is 22.2 Å². The van der Waals surface area contributed by atoms with E-state index in [-0.39, 0.29) is 18.6 Å². The summed E-state index contributed by atoms with van der Waals surface area (Å²) >= 11 is 0. The number of carboxylic acid groups (broad SMARTS) is 1. The lowest BCUT2D eigenvalue weighted by Gasteiger charge is -2.24. The monoisotopic (exact) mass is 494 g/mol. The molecule has 1 aromatic heterocycles. The maximum atomic E-state index is 11.1. The number of carboxylic acids is 1. The Bertz CT molecular complexity index is 1420. The molecule has 188 valence electrons. The second-order valence-electron chi connectivity index (χ2n) is 9.50. The molecule has 1 N–H and O–H groups in total. The average Bonchev–Trinajstić information content (AvgIpc) is 3.32. The van der Waals surface area contributed by atoms with E-state index in [1.165, 1.54) is 0 Å². The lowest BCUT2D eigenvalue weighted by molar-refractivity contribution is -0.137. The molecule has 0 aliphatic carbocycles. The zero-order chi connectivity index (χ0) is 25.8. The minimum atomic E-state index is -0.790. The van der Waals surface area contributed by atoms with E-state index in [1.807, 2.05) is 49.2 Å². The van der Waals surface area contributed by atoms with Crippen molar-refractivity contribution in [1.82, 2.24) is 15.0 Å². The third-order valence-electron chi connectivity index (χ3n) is 6.43. The van der Waals surface area contributed by atoms with Gasteiger partial charge in [-0.1, -0.05) is 42.5 Å². The highest BCUT2D eigenvalue weighted by atomic mass is 16.5. The predicted molar refractivity (Wildman–Crippen MR) is 145 cm³/mol. The molecule has 0 spiro atoms. The molecule has 1 atom stereocenters. The summed E-state index contributed by atoms with van der Waals surface area (Å²) in [6.45, 7) is 4.61. The number of ether oxygens (including phenoxy) is 1. The number of aromatic nitrogens is 2. The Balaban J connectivity index is 1.37. The quantitative estimate of drug-likeness (QED) is 0.302. The molecule has 0 amide bonds. The van der Waals surface area contributed by atoms with Gasteiger partial charge in [0.05, 0.1) is 28.9 Å². The maximum absolute atomic E-state index is 11.1. The first-order chi connectivity index (χ1) is 18.0. The van der Waals surface area contributed by atoms with Crippen LogP contribution in [-0.4, -0.2) is 44.4 Å². The highest BCUT2D eigenvalue weighted by Crippen LogP contribution is 2.34. The number of hydrogen-bond acceptors (Lipinski definition) is 6. The zero-order valence-electron chi connectivity index (χ0n) is 21.0. The summed E-state index contributed by atoms with van der Waals surface area (Å²) in [5, 5.41) is 16.1. The smallest absolute Gasteiger partial charge is 0.303 e. The standard InChI is InChI=1S/C30H30N4O3/c1-20(2)37-25-12-9-22(10-13-25)21-5-7-23(8-6-21)29-19-27(33-34(29)17-3-4-30(35)36)24-11-14-26-28(18-24)32-16-15-31-26/h5-16,18,20,29H,3-4,17,19H2,1-2H3,(H,35,36). The van der Waals surface area contributed by atoms with Crippen LogP contribution in [0, 0.1) is 0 Å². The van der Waals surface area contributed by atoms with Crippen LogP contribution in [-0.2, 0) is 4.79 Å². The molecule has 7 heteroatoms. The van der Waals surface area contributed by atoms with Crippen LogP contribution >= 0.6 is 0 Å². The molecule has 0 radical (unpaired) electrons. The molecule has 4 aromatic rings. The average molecular weight is 495 g/mol. The molecule has 0 fully saturated rings. The number of hydrogen-bond donors (Lipinski definition) is 1. The Labute approximate surface area is 216 Å². The van der Waals surface area contributed by atoms with Crippen molar-refractivity contribution in [3.8, 4) is 16.9 Å². The van der Waals surface area contributed by atoms with Crippen molar-refractivity contribution in [2.24, 2.45) is 5.10 Å². The van der Waals surface area contributed by atoms with Crippen LogP contribution in [0.2, 0.25) is 0 Å². The van der Waals surface area contributed by atoms with Crippen molar-refractivity contribution in [2.45, 2.75) is 45.3 Å². The molecule has 1 unspecified atom stereocenters. The van der Waals surface area contributed by atoms with Crippen molar-refractivity contribution < 1.29 is 14.6 Å². The summed E-state index contributed by atoms with van der Waals surface area (Å²) in [7, 11) is 0. The summed E-state index contributed by atoms with van der Waals surface area (Å²) in [5.41, 5.74) is 7.07. The number of benzene rings is 3. The molecule has 7 nitrogen and oxygen atoms in total. The van der Waals surface area contributed by atoms with Gasteiger partial charge in [0, 0.05) is 37.3 Å². The van der Waals surface area contributed by atoms with Crippen LogP contribution in [0.3, 0.4) is 0 Å². The van der Waals surface area contributed by atoms with Crippen molar-refractivity contribution in [2.75, 3.05) is 6.54 Å². The van der Waals surface area contributed by atoms with Gasteiger partial charge in [-0.25, -0.2) is 0 Å². The third-order valence-corrected chi connectivity index (χ3v) is 6.43. The fraction of sp³-hybridized carbons (Fsp3) is 0.267. The van der Waals surface area contributed by atoms with Crippen molar-refractivity contribution in [3.63, 3.8) is 0 Å². The van der Waals surface area contributed by atoms with E-state index < -0.39 is 5.97 Å². The van der Waals surface area contributed by atoms with Crippen LogP contribution < -0.4 is 4.74 Å². The first-order valence-corrected chi connectivity index (χ1v) is 12.6. The summed E-state index contributed by atoms with van der Waals surface area (Å²) in [5.74, 6) is 0.0740. The van der Waals surface area contributed by atoms with Gasteiger partial charge >= 0.3 is 5.97 Å². The molecule has 0 saturated carbocycles. The lowest BCUT2D eigenvalue weighted by atomic mass is 9.96. The van der Waals surface area contributed by atoms with Gasteiger partial charge in [-0.3, -0.25) is 19.8 Å². The third kappa shape index (κ3) is 5.77. The largest absolute Gasteiger partial charge is 0.491 e. The molecule has 0 bridgehead atoms. The number of rotatable bonds is 9. The Hall–Kier alpha value is -4.26. The van der Waals surface area contributed by atoms with Crippen LogP contribution in [0.15, 0.2) is 84.2 Å². The van der Waals surface area contributed by atoms with E-state index in [9.17, 15) is 4.79 Å². The van der Waals surface area contributed by atoms with Crippen molar-refractivity contribution in [1.29, 1.82) is 0 Å². The van der Waals surface area contributed by atoms with Gasteiger partial charge in [-0.2, -0.15) is 5.10 Å². The second kappa shape index (κ2) is 10.8. The fourth-order valence-corrected chi connectivity index (χ4v) is 4.66. The molecular formula is C30H30N4O3. The molecule has 3 aromatic carbocycles. The summed E-state index contributed by atoms with van der Waals surface area (Å²) < 4.78 is 5.76. The Morgan fingerprint density at radius 3 is 2.27 bits per heavy atom. The summed E-state index contributed by atoms with van der Waals surface area (Å²) in [4.78, 5) is 19.9. The van der Waals surface area contributed by atoms with E-state index in [0.29, 0.717) is 13.0 Å². The van der Waals surface area contributed by atoms with Gasteiger partial charge in [-0.15, -0.1) is 0 Å². The van der Waals surface area contributed by atoms with E-state index in [0.717, 1.165) is 51.2 Å². The van der Waals surface area contributed by atoms with Gasteiger partial charge < -0.3 is 9.84 Å². The highest BCUT2D eigenvalue weighted by Gasteiger charge is 2.28. The molecule has 1 aliphatic rings. The van der Waals surface area contributed by atoms with E-state index in [4.69, 9.17) is 14.9 Å². The van der Waals surface area contributed by atoms with Crippen LogP contribution in [0.1, 0.15) is 50.3 Å². The molecule has 1 aliphatic heterocycles. The number of aliphatic carboxylic acids is 1. The van der Waals surface area contributed by atoms with Gasteiger partial charge in [-0.05, 0) is 61.2 Å². The molecular weight excluding hydrogens is 464 g/mol. The second-order valence-corrected chi connectivity index (χ2v) is 9.50. The van der Waals surface area contributed by atoms with E-state index >= 15 is 0 Å². The molecule has 0 saturated heterocycles. The normalized spacial score (nSPS) is 15.3. The Kier molecular flexibility index (Phi) is 7.12. The maximum Gasteiger partial charge on any atom is 0.303 e. The van der Waals surface area contributed by atoms with E-state index in [2.05, 4.69) is 46.4 Å². The van der Waals surface area contributed by atoms with Gasteiger partial charge in [0.2, 0.25) is 0 Å². The van der Waals surface area contributed by atoms with Crippen LogP contribution in [0.4, 0.5) is 0 Å². The number of nitrogens with zero attached hydrogens (tertiary/aromatic N) is 4. The van der Waals surface area contributed by atoms with Crippen molar-refractivity contribution in [3.05, 3.63) is 90.3 Å². The minimum Gasteiger partial charge on any atom is -0.491 e. The topological polar surface area (TPSA) is 87.9 Å². The number of fused-ring (bicyclic) bond motifs is 1. The molecule has 2 heterocycles. The first-order valence-electron chi connectivity index (χ1n) is 12.6. The first kappa shape index (κ1) is 24.4. The molecule has 5 rings (SSSR count). The summed E-state index contributed by atoms with van der Waals surface area (Å²) in [6, 6.07) is 22.8. The van der Waals surface area contributed by atoms with Crippen molar-refractivity contribution >= 4 is 22.7 Å². The lowest BCUT2D eigenvalue weighted by Crippen LogP contribution is -2.21. The van der Waals surface area contributed by atoms with Gasteiger partial charge in [0.1, 0.15) is 5.75 Å². The highest BCUT2D eigenvalue weighted by molar-refractivity contribution is 6.03. The number of hydrazone groups is 1. The summed E-state index contributed by atoms with van der Waals surface area (Å²) in [6.07, 6.45) is 4.91. The van der Waals surface area contributed by atoms with Crippen LogP contribution in [0.5, 0.6) is 5.75 Å². The van der Waals surface area contributed by atoms with E-state index in [1.54, 1.807) is 12.4 Å². The minimum absolute atomic E-state index is 0.0391. The SMILES string of the molecule is CC(C)Oc1ccc(-c2ccc(C3CC(c4ccc5nccnc5c4)=NN3CCCC(=O)O)cc2)cc1. The Morgan fingerprint density at radius 2 is 1.59 bits per heavy atom. The Morgan fingerprint density at radius 1 is 0.946 bits per heavy atom. The van der Waals surface area contributed by atoms with Gasteiger partial charge in [0.15, 0.2) is 0 Å². The number of carbonyl (C=O) groups is 1.